The van der Waals surface area contributed by atoms with Gasteiger partial charge in [0.2, 0.25) is 0 Å². The highest BCUT2D eigenvalue weighted by atomic mass is 32.1. The molecule has 12 aromatic rings. The lowest BCUT2D eigenvalue weighted by atomic mass is 9.53. The van der Waals surface area contributed by atoms with Gasteiger partial charge in [0.15, 0.2) is 0 Å². The molecular formula is C76H56N4S2. The van der Waals surface area contributed by atoms with E-state index < -0.39 is 10.8 Å². The van der Waals surface area contributed by atoms with Gasteiger partial charge in [0.1, 0.15) is 10.0 Å². The summed E-state index contributed by atoms with van der Waals surface area (Å²) >= 11 is 3.97. The van der Waals surface area contributed by atoms with E-state index in [1.807, 2.05) is 22.7 Å². The van der Waals surface area contributed by atoms with E-state index >= 15 is 0 Å². The largest absolute Gasteiger partial charge is 0.310 e. The Morgan fingerprint density at radius 2 is 0.451 bits per heavy atom. The van der Waals surface area contributed by atoms with Crippen molar-refractivity contribution in [2.45, 2.75) is 49.4 Å². The lowest BCUT2D eigenvalue weighted by Gasteiger charge is -2.53. The average Bonchev–Trinajstić information content (AvgIpc) is 1.87. The Morgan fingerprint density at radius 1 is 0.232 bits per heavy atom. The maximum Gasteiger partial charge on any atom is 0.101 e. The molecule has 4 nitrogen and oxygen atoms in total. The van der Waals surface area contributed by atoms with Crippen molar-refractivity contribution in [1.29, 1.82) is 0 Å². The summed E-state index contributed by atoms with van der Waals surface area (Å²) in [6, 6.07) is 101. The van der Waals surface area contributed by atoms with Gasteiger partial charge in [0.25, 0.3) is 0 Å². The van der Waals surface area contributed by atoms with Gasteiger partial charge in [-0.1, -0.05) is 210 Å². The maximum absolute atomic E-state index is 2.64. The van der Waals surface area contributed by atoms with E-state index in [9.17, 15) is 0 Å². The molecule has 0 N–H and O–H groups in total. The Hall–Kier alpha value is -9.20. The molecule has 392 valence electrons. The first kappa shape index (κ1) is 47.6. The summed E-state index contributed by atoms with van der Waals surface area (Å²) in [4.78, 5) is 12.9. The van der Waals surface area contributed by atoms with Crippen molar-refractivity contribution in [3.8, 4) is 0 Å². The third-order valence-corrected chi connectivity index (χ3v) is 21.3. The van der Waals surface area contributed by atoms with Gasteiger partial charge < -0.3 is 19.6 Å². The fourth-order valence-electron chi connectivity index (χ4n) is 15.4. The fraction of sp³-hybridized carbons (Fsp3) is 0.105. The zero-order valence-corrected chi connectivity index (χ0v) is 47.6. The second-order valence-electron chi connectivity index (χ2n) is 23.6. The standard InChI is InChI=1S/C76H56N4S2/c1-73(2)51-31-11-19-39-61(51)79(62-40-20-12-32-52(62)73)69-47-59-71(81-69)76(57-37-17-25-45-67(57)78(50-29-9-6-10-30-50)68-46-26-18-38-58(68)76)60-48-70(80-63-41-21-13-33-53(63)74(3,4)54-34-14-22-42-64(54)80)82-72(60)75(59)55-35-15-23-43-65(55)77(49-27-7-5-8-28-49)66-44-24-16-36-56(66)75/h5-48H,1-4H3. The first-order chi connectivity index (χ1) is 40.2. The summed E-state index contributed by atoms with van der Waals surface area (Å²) in [5.74, 6) is 0. The van der Waals surface area contributed by atoms with Crippen LogP contribution in [-0.4, -0.2) is 0 Å². The molecule has 10 aromatic carbocycles. The van der Waals surface area contributed by atoms with Crippen molar-refractivity contribution < 1.29 is 0 Å². The highest BCUT2D eigenvalue weighted by molar-refractivity contribution is 7.18. The number of hydrogen-bond donors (Lipinski definition) is 0. The molecule has 6 heteroatoms. The second-order valence-corrected chi connectivity index (χ2v) is 25.6. The van der Waals surface area contributed by atoms with Crippen molar-refractivity contribution in [2.75, 3.05) is 19.6 Å². The van der Waals surface area contributed by atoms with Crippen molar-refractivity contribution in [2.24, 2.45) is 0 Å². The van der Waals surface area contributed by atoms with Crippen LogP contribution in [-0.2, 0) is 21.7 Å². The molecule has 1 aliphatic carbocycles. The molecule has 0 saturated heterocycles. The minimum Gasteiger partial charge on any atom is -0.310 e. The van der Waals surface area contributed by atoms with Crippen LogP contribution in [0.25, 0.3) is 0 Å². The van der Waals surface area contributed by atoms with Gasteiger partial charge in [-0.15, -0.1) is 22.7 Å². The van der Waals surface area contributed by atoms with Gasteiger partial charge in [-0.3, -0.25) is 0 Å². The predicted octanol–water partition coefficient (Wildman–Crippen LogP) is 20.7. The minimum absolute atomic E-state index is 0.227. The van der Waals surface area contributed by atoms with Gasteiger partial charge in [0.05, 0.1) is 56.3 Å². The summed E-state index contributed by atoms with van der Waals surface area (Å²) in [7, 11) is 0. The molecule has 0 unspecified atom stereocenters. The first-order valence-corrected chi connectivity index (χ1v) is 30.2. The predicted molar refractivity (Wildman–Crippen MR) is 342 cm³/mol. The number of anilines is 12. The average molecular weight is 1090 g/mol. The van der Waals surface area contributed by atoms with Gasteiger partial charge in [-0.2, -0.15) is 0 Å². The zero-order chi connectivity index (χ0) is 54.7. The molecule has 0 amide bonds. The Morgan fingerprint density at radius 3 is 0.720 bits per heavy atom. The van der Waals surface area contributed by atoms with Crippen molar-refractivity contribution in [1.82, 2.24) is 0 Å². The van der Waals surface area contributed by atoms with E-state index in [2.05, 4.69) is 314 Å². The van der Waals surface area contributed by atoms with Crippen molar-refractivity contribution in [3.05, 3.63) is 332 Å². The Labute approximate surface area is 487 Å². The number of nitrogens with zero attached hydrogens (tertiary/aromatic N) is 4. The molecule has 0 saturated carbocycles. The quantitative estimate of drug-likeness (QED) is 0.174. The molecule has 2 aromatic heterocycles. The lowest BCUT2D eigenvalue weighted by Crippen LogP contribution is -2.47. The molecule has 0 radical (unpaired) electrons. The highest BCUT2D eigenvalue weighted by Gasteiger charge is 2.62. The zero-order valence-electron chi connectivity index (χ0n) is 46.0. The third kappa shape index (κ3) is 6.05. The smallest absolute Gasteiger partial charge is 0.101 e. The number of thiophene rings is 2. The lowest BCUT2D eigenvalue weighted by molar-refractivity contribution is 0.630. The molecule has 6 heterocycles. The normalized spacial score (nSPS) is 16.3. The minimum atomic E-state index is -0.811. The number of fused-ring (bicyclic) bond motifs is 18. The SMILES string of the molecule is CC1(C)c2ccccc2N(c2cc3c(s2)C2(c4ccccc4N(c4ccccc4)c4ccccc42)c2cc(N4c5ccccc5C(C)(C)c5ccccc54)sc2C32c3ccccc3N(c3ccccc3)c3ccccc32)c2ccccc21. The molecule has 0 atom stereocenters. The van der Waals surface area contributed by atoms with E-state index in [0.29, 0.717) is 0 Å². The van der Waals surface area contributed by atoms with E-state index in [1.54, 1.807) is 0 Å². The monoisotopic (exact) mass is 1090 g/mol. The maximum atomic E-state index is 2.64. The van der Waals surface area contributed by atoms with E-state index in [-0.39, 0.29) is 10.8 Å². The summed E-state index contributed by atoms with van der Waals surface area (Å²) in [6.45, 7) is 9.57. The van der Waals surface area contributed by atoms with Crippen LogP contribution in [0.1, 0.15) is 93.1 Å². The highest BCUT2D eigenvalue weighted by Crippen LogP contribution is 2.73. The van der Waals surface area contributed by atoms with Crippen LogP contribution >= 0.6 is 22.7 Å². The molecule has 0 fully saturated rings. The number of benzene rings is 10. The van der Waals surface area contributed by atoms with Crippen LogP contribution in [0.3, 0.4) is 0 Å². The molecular weight excluding hydrogens is 1030 g/mol. The Kier molecular flexibility index (Phi) is 9.96. The van der Waals surface area contributed by atoms with Gasteiger partial charge in [-0.25, -0.2) is 0 Å². The Bertz CT molecular complexity index is 4050. The summed E-state index contributed by atoms with van der Waals surface area (Å²) in [5, 5.41) is 2.38. The summed E-state index contributed by atoms with van der Waals surface area (Å²) < 4.78 is 0. The third-order valence-electron chi connectivity index (χ3n) is 18.9. The topological polar surface area (TPSA) is 13.0 Å². The van der Waals surface area contributed by atoms with Crippen molar-refractivity contribution >= 4 is 89.5 Å². The number of hydrogen-bond acceptors (Lipinski definition) is 6. The van der Waals surface area contributed by atoms with Crippen LogP contribution in [0.5, 0.6) is 0 Å². The van der Waals surface area contributed by atoms with Crippen LogP contribution in [0, 0.1) is 0 Å². The van der Waals surface area contributed by atoms with Crippen LogP contribution in [0.15, 0.2) is 267 Å². The molecule has 17 rings (SSSR count). The molecule has 82 heavy (non-hydrogen) atoms. The molecule has 4 aliphatic heterocycles. The molecule has 0 bridgehead atoms. The number of rotatable bonds is 4. The van der Waals surface area contributed by atoms with Gasteiger partial charge in [-0.05, 0) is 141 Å². The van der Waals surface area contributed by atoms with Crippen LogP contribution in [0.4, 0.5) is 66.9 Å². The Balaban J connectivity index is 1.07. The fourth-order valence-corrected chi connectivity index (χ4v) is 18.4. The molecule has 5 aliphatic rings. The van der Waals surface area contributed by atoms with E-state index in [1.165, 1.54) is 121 Å². The van der Waals surface area contributed by atoms with Crippen molar-refractivity contribution in [3.63, 3.8) is 0 Å². The number of para-hydroxylation sites is 10. The van der Waals surface area contributed by atoms with E-state index in [0.717, 1.165) is 11.4 Å². The van der Waals surface area contributed by atoms with Crippen LogP contribution in [0.2, 0.25) is 0 Å². The second kappa shape index (κ2) is 17.2. The van der Waals surface area contributed by atoms with E-state index in [4.69, 9.17) is 0 Å². The molecule has 2 spiro atoms. The van der Waals surface area contributed by atoms with Crippen LogP contribution < -0.4 is 19.6 Å². The summed E-state index contributed by atoms with van der Waals surface area (Å²) in [6.07, 6.45) is 0. The summed E-state index contributed by atoms with van der Waals surface area (Å²) in [5.41, 5.74) is 22.7. The first-order valence-electron chi connectivity index (χ1n) is 28.6. The van der Waals surface area contributed by atoms with Gasteiger partial charge in [0, 0.05) is 32.0 Å². The van der Waals surface area contributed by atoms with Gasteiger partial charge >= 0.3 is 0 Å².